The maximum absolute atomic E-state index is 12.3. The van der Waals surface area contributed by atoms with Gasteiger partial charge in [0, 0.05) is 25.6 Å². The molecule has 4 nitrogen and oxygen atoms in total. The van der Waals surface area contributed by atoms with Gasteiger partial charge in [-0.3, -0.25) is 9.59 Å². The third-order valence-corrected chi connectivity index (χ3v) is 4.59. The fourth-order valence-corrected chi connectivity index (χ4v) is 3.10. The number of benzene rings is 1. The first-order valence-electron chi connectivity index (χ1n) is 8.34. The van der Waals surface area contributed by atoms with Crippen molar-refractivity contribution in [1.29, 1.82) is 0 Å². The maximum atomic E-state index is 12.3. The van der Waals surface area contributed by atoms with Crippen molar-refractivity contribution < 1.29 is 9.59 Å². The fourth-order valence-electron chi connectivity index (χ4n) is 3.10. The van der Waals surface area contributed by atoms with E-state index in [0.717, 1.165) is 38.6 Å². The number of piperidine rings is 1. The fraction of sp³-hybridized carbons (Fsp3) is 0.556. The van der Waals surface area contributed by atoms with E-state index in [2.05, 4.69) is 17.4 Å². The lowest BCUT2D eigenvalue weighted by atomic mass is 9.96. The highest BCUT2D eigenvalue weighted by molar-refractivity contribution is 5.83. The minimum absolute atomic E-state index is 0.0350. The molecule has 118 valence electrons. The standard InChI is InChI=1S/C18H24N2O2/c21-17(19-11-10-14-5-2-1-3-6-14)16-7-4-12-20(13-16)18(22)15-8-9-15/h1-3,5-6,15-16H,4,7-13H2,(H,19,21). The van der Waals surface area contributed by atoms with Crippen LogP contribution in [0.2, 0.25) is 0 Å². The average Bonchev–Trinajstić information content (AvgIpc) is 3.40. The Morgan fingerprint density at radius 1 is 1.09 bits per heavy atom. The van der Waals surface area contributed by atoms with Crippen LogP contribution < -0.4 is 5.32 Å². The largest absolute Gasteiger partial charge is 0.355 e. The zero-order valence-corrected chi connectivity index (χ0v) is 13.0. The molecule has 1 aromatic carbocycles. The normalized spacial score (nSPS) is 21.5. The molecule has 22 heavy (non-hydrogen) atoms. The van der Waals surface area contributed by atoms with E-state index >= 15 is 0 Å². The number of likely N-dealkylation sites (tertiary alicyclic amines) is 1. The molecular weight excluding hydrogens is 276 g/mol. The number of hydrogen-bond donors (Lipinski definition) is 1. The first-order valence-corrected chi connectivity index (χ1v) is 8.34. The molecule has 0 spiro atoms. The van der Waals surface area contributed by atoms with Crippen LogP contribution in [0.15, 0.2) is 30.3 Å². The van der Waals surface area contributed by atoms with Crippen molar-refractivity contribution in [3.05, 3.63) is 35.9 Å². The average molecular weight is 300 g/mol. The molecule has 2 aliphatic rings. The van der Waals surface area contributed by atoms with Crippen LogP contribution in [0.4, 0.5) is 0 Å². The van der Waals surface area contributed by atoms with Crippen LogP contribution >= 0.6 is 0 Å². The van der Waals surface area contributed by atoms with Crippen molar-refractivity contribution in [2.75, 3.05) is 19.6 Å². The summed E-state index contributed by atoms with van der Waals surface area (Å²) in [5.74, 6) is 0.582. The lowest BCUT2D eigenvalue weighted by Gasteiger charge is -2.32. The molecule has 1 N–H and O–H groups in total. The highest BCUT2D eigenvalue weighted by atomic mass is 16.2. The van der Waals surface area contributed by atoms with E-state index in [9.17, 15) is 9.59 Å². The van der Waals surface area contributed by atoms with Gasteiger partial charge in [-0.1, -0.05) is 30.3 Å². The Hall–Kier alpha value is -1.84. The van der Waals surface area contributed by atoms with E-state index in [-0.39, 0.29) is 23.7 Å². The third kappa shape index (κ3) is 3.87. The lowest BCUT2D eigenvalue weighted by molar-refractivity contribution is -0.136. The second-order valence-corrected chi connectivity index (χ2v) is 6.42. The summed E-state index contributed by atoms with van der Waals surface area (Å²) in [4.78, 5) is 26.3. The topological polar surface area (TPSA) is 49.4 Å². The van der Waals surface area contributed by atoms with Gasteiger partial charge in [0.2, 0.25) is 11.8 Å². The van der Waals surface area contributed by atoms with Crippen LogP contribution in [-0.2, 0) is 16.0 Å². The van der Waals surface area contributed by atoms with Gasteiger partial charge in [0.15, 0.2) is 0 Å². The van der Waals surface area contributed by atoms with Gasteiger partial charge < -0.3 is 10.2 Å². The zero-order valence-electron chi connectivity index (χ0n) is 13.0. The summed E-state index contributed by atoms with van der Waals surface area (Å²) in [5, 5.41) is 3.03. The van der Waals surface area contributed by atoms with E-state index in [1.807, 2.05) is 23.1 Å². The Kier molecular flexibility index (Phi) is 4.76. The van der Waals surface area contributed by atoms with Gasteiger partial charge in [-0.2, -0.15) is 0 Å². The summed E-state index contributed by atoms with van der Waals surface area (Å²) in [6.07, 6.45) is 4.75. The molecule has 1 atom stereocenters. The molecule has 2 amide bonds. The van der Waals surface area contributed by atoms with E-state index in [4.69, 9.17) is 0 Å². The molecule has 1 heterocycles. The quantitative estimate of drug-likeness (QED) is 0.904. The number of nitrogens with zero attached hydrogens (tertiary/aromatic N) is 1. The van der Waals surface area contributed by atoms with Crippen molar-refractivity contribution >= 4 is 11.8 Å². The molecular formula is C18H24N2O2. The zero-order chi connectivity index (χ0) is 15.4. The van der Waals surface area contributed by atoms with Gasteiger partial charge in [0.05, 0.1) is 5.92 Å². The summed E-state index contributed by atoms with van der Waals surface area (Å²) in [5.41, 5.74) is 1.23. The molecule has 0 aromatic heterocycles. The summed E-state index contributed by atoms with van der Waals surface area (Å²) in [7, 11) is 0. The predicted octanol–water partition coefficient (Wildman–Crippen LogP) is 1.99. The Bertz CT molecular complexity index is 525. The number of nitrogens with one attached hydrogen (secondary N) is 1. The Morgan fingerprint density at radius 3 is 2.59 bits per heavy atom. The van der Waals surface area contributed by atoms with Gasteiger partial charge in [0.1, 0.15) is 0 Å². The maximum Gasteiger partial charge on any atom is 0.225 e. The van der Waals surface area contributed by atoms with Crippen LogP contribution in [-0.4, -0.2) is 36.3 Å². The van der Waals surface area contributed by atoms with E-state index in [1.165, 1.54) is 5.56 Å². The molecule has 1 aromatic rings. The van der Waals surface area contributed by atoms with Crippen molar-refractivity contribution in [3.63, 3.8) is 0 Å². The molecule has 0 bridgehead atoms. The van der Waals surface area contributed by atoms with Crippen LogP contribution in [0.1, 0.15) is 31.2 Å². The third-order valence-electron chi connectivity index (χ3n) is 4.59. The SMILES string of the molecule is O=C(NCCc1ccccc1)C1CCCN(C(=O)C2CC2)C1. The second-order valence-electron chi connectivity index (χ2n) is 6.42. The number of hydrogen-bond acceptors (Lipinski definition) is 2. The molecule has 1 saturated heterocycles. The van der Waals surface area contributed by atoms with Crippen molar-refractivity contribution in [2.45, 2.75) is 32.1 Å². The van der Waals surface area contributed by atoms with Crippen LogP contribution in [0, 0.1) is 11.8 Å². The van der Waals surface area contributed by atoms with Crippen molar-refractivity contribution in [2.24, 2.45) is 11.8 Å². The summed E-state index contributed by atoms with van der Waals surface area (Å²) in [6.45, 7) is 2.09. The summed E-state index contributed by atoms with van der Waals surface area (Å²) < 4.78 is 0. The van der Waals surface area contributed by atoms with Crippen LogP contribution in [0.5, 0.6) is 0 Å². The Balaban J connectivity index is 1.44. The molecule has 3 rings (SSSR count). The molecule has 1 saturated carbocycles. The molecule has 4 heteroatoms. The predicted molar refractivity (Wildman–Crippen MR) is 85.2 cm³/mol. The number of rotatable bonds is 5. The van der Waals surface area contributed by atoms with Crippen molar-refractivity contribution in [1.82, 2.24) is 10.2 Å². The molecule has 1 aliphatic carbocycles. The number of carbonyl (C=O) groups excluding carboxylic acids is 2. The van der Waals surface area contributed by atoms with Crippen LogP contribution in [0.25, 0.3) is 0 Å². The van der Waals surface area contributed by atoms with E-state index in [0.29, 0.717) is 13.1 Å². The molecule has 1 unspecified atom stereocenters. The Labute approximate surface area is 131 Å². The number of amides is 2. The first kappa shape index (κ1) is 15.1. The summed E-state index contributed by atoms with van der Waals surface area (Å²) >= 11 is 0. The van der Waals surface area contributed by atoms with Gasteiger partial charge in [-0.25, -0.2) is 0 Å². The molecule has 2 fully saturated rings. The molecule has 1 aliphatic heterocycles. The monoisotopic (exact) mass is 300 g/mol. The minimum Gasteiger partial charge on any atom is -0.355 e. The minimum atomic E-state index is -0.0350. The van der Waals surface area contributed by atoms with Gasteiger partial charge >= 0.3 is 0 Å². The van der Waals surface area contributed by atoms with Gasteiger partial charge in [-0.15, -0.1) is 0 Å². The smallest absolute Gasteiger partial charge is 0.225 e. The van der Waals surface area contributed by atoms with Gasteiger partial charge in [0.25, 0.3) is 0 Å². The highest BCUT2D eigenvalue weighted by Crippen LogP contribution is 2.32. The lowest BCUT2D eigenvalue weighted by Crippen LogP contribution is -2.46. The number of carbonyl (C=O) groups is 2. The van der Waals surface area contributed by atoms with Crippen molar-refractivity contribution in [3.8, 4) is 0 Å². The van der Waals surface area contributed by atoms with Gasteiger partial charge in [-0.05, 0) is 37.7 Å². The second kappa shape index (κ2) is 6.95. The van der Waals surface area contributed by atoms with E-state index < -0.39 is 0 Å². The summed E-state index contributed by atoms with van der Waals surface area (Å²) in [6, 6.07) is 10.2. The first-order chi connectivity index (χ1) is 10.7. The van der Waals surface area contributed by atoms with E-state index in [1.54, 1.807) is 0 Å². The highest BCUT2D eigenvalue weighted by Gasteiger charge is 2.36. The Morgan fingerprint density at radius 2 is 1.86 bits per heavy atom. The molecule has 0 radical (unpaired) electrons. The van der Waals surface area contributed by atoms with Crippen LogP contribution in [0.3, 0.4) is 0 Å².